The zero-order valence-corrected chi connectivity index (χ0v) is 11.9. The molecule has 5 nitrogen and oxygen atoms in total. The topological polar surface area (TPSA) is 67.4 Å². The third-order valence-electron chi connectivity index (χ3n) is 2.96. The Balaban J connectivity index is 1.93. The molecular weight excluding hydrogens is 264 g/mol. The third-order valence-corrected chi connectivity index (χ3v) is 4.24. The van der Waals surface area contributed by atoms with Gasteiger partial charge in [-0.2, -0.15) is 0 Å². The van der Waals surface area contributed by atoms with Crippen LogP contribution in [-0.4, -0.2) is 33.9 Å². The average Bonchev–Trinajstić information content (AvgIpc) is 3.15. The molecule has 1 aliphatic rings. The first-order valence-electron chi connectivity index (χ1n) is 6.41. The largest absolute Gasteiger partial charge is 0.380 e. The maximum absolute atomic E-state index is 12.0. The molecule has 0 atom stereocenters. The summed E-state index contributed by atoms with van der Waals surface area (Å²) in [5.41, 5.74) is 1.43. The van der Waals surface area contributed by atoms with Gasteiger partial charge in [0.2, 0.25) is 10.0 Å². The fourth-order valence-corrected chi connectivity index (χ4v) is 2.83. The Labute approximate surface area is 114 Å². The Morgan fingerprint density at radius 3 is 2.74 bits per heavy atom. The van der Waals surface area contributed by atoms with Crippen molar-refractivity contribution in [3.05, 3.63) is 29.8 Å². The van der Waals surface area contributed by atoms with Crippen LogP contribution in [0.2, 0.25) is 0 Å². The van der Waals surface area contributed by atoms with E-state index in [1.165, 1.54) is 0 Å². The average molecular weight is 284 g/mol. The summed E-state index contributed by atoms with van der Waals surface area (Å²) in [5, 5.41) is 3.19. The van der Waals surface area contributed by atoms with Gasteiger partial charge in [-0.3, -0.25) is 4.72 Å². The molecule has 1 saturated carbocycles. The van der Waals surface area contributed by atoms with Crippen molar-refractivity contribution in [3.8, 4) is 0 Å². The smallest absolute Gasteiger partial charge is 0.233 e. The summed E-state index contributed by atoms with van der Waals surface area (Å²) in [7, 11) is -1.72. The highest BCUT2D eigenvalue weighted by atomic mass is 32.2. The Kier molecular flexibility index (Phi) is 4.79. The van der Waals surface area contributed by atoms with Crippen molar-refractivity contribution in [1.29, 1.82) is 0 Å². The lowest BCUT2D eigenvalue weighted by atomic mass is 10.2. The van der Waals surface area contributed by atoms with E-state index in [-0.39, 0.29) is 5.75 Å². The Hall–Kier alpha value is -1.11. The lowest BCUT2D eigenvalue weighted by Crippen LogP contribution is -2.28. The van der Waals surface area contributed by atoms with Crippen LogP contribution in [0.4, 0.5) is 5.69 Å². The highest BCUT2D eigenvalue weighted by molar-refractivity contribution is 7.92. The number of methoxy groups -OCH3 is 1. The number of hydrogen-bond donors (Lipinski definition) is 2. The Bertz CT molecular complexity index is 512. The molecule has 6 heteroatoms. The highest BCUT2D eigenvalue weighted by Gasteiger charge is 2.21. The lowest BCUT2D eigenvalue weighted by Gasteiger charge is -2.12. The maximum Gasteiger partial charge on any atom is 0.233 e. The second kappa shape index (κ2) is 6.36. The van der Waals surface area contributed by atoms with Crippen molar-refractivity contribution in [1.82, 2.24) is 5.32 Å². The van der Waals surface area contributed by atoms with Gasteiger partial charge in [0, 0.05) is 25.3 Å². The molecule has 0 amide bonds. The van der Waals surface area contributed by atoms with Gasteiger partial charge in [-0.05, 0) is 18.9 Å². The minimum absolute atomic E-state index is 0.0881. The fraction of sp³-hybridized carbons (Fsp3) is 0.538. The predicted octanol–water partition coefficient (Wildman–Crippen LogP) is 1.33. The zero-order valence-electron chi connectivity index (χ0n) is 11.1. The van der Waals surface area contributed by atoms with Crippen molar-refractivity contribution in [2.75, 3.05) is 24.1 Å². The van der Waals surface area contributed by atoms with Crippen molar-refractivity contribution in [3.63, 3.8) is 0 Å². The summed E-state index contributed by atoms with van der Waals surface area (Å²) in [6.45, 7) is 0.880. The summed E-state index contributed by atoms with van der Waals surface area (Å²) in [4.78, 5) is 0. The van der Waals surface area contributed by atoms with Crippen LogP contribution in [0.3, 0.4) is 0 Å². The van der Waals surface area contributed by atoms with E-state index in [0.29, 0.717) is 24.9 Å². The number of sulfonamides is 1. The second-order valence-corrected chi connectivity index (χ2v) is 6.58. The van der Waals surface area contributed by atoms with Crippen molar-refractivity contribution >= 4 is 15.7 Å². The number of nitrogens with one attached hydrogen (secondary N) is 2. The molecule has 0 aliphatic heterocycles. The van der Waals surface area contributed by atoms with Crippen LogP contribution in [0, 0.1) is 0 Å². The number of anilines is 1. The molecule has 0 radical (unpaired) electrons. The molecule has 0 saturated heterocycles. The first kappa shape index (κ1) is 14.3. The molecule has 1 fully saturated rings. The van der Waals surface area contributed by atoms with Crippen LogP contribution in [-0.2, 0) is 21.4 Å². The molecule has 1 aliphatic carbocycles. The van der Waals surface area contributed by atoms with Crippen molar-refractivity contribution in [2.45, 2.75) is 25.5 Å². The molecule has 0 spiro atoms. The minimum Gasteiger partial charge on any atom is -0.380 e. The number of ether oxygens (including phenoxy) is 1. The van der Waals surface area contributed by atoms with Crippen LogP contribution >= 0.6 is 0 Å². The molecule has 0 bridgehead atoms. The molecule has 2 rings (SSSR count). The molecule has 0 aromatic heterocycles. The van der Waals surface area contributed by atoms with Crippen LogP contribution < -0.4 is 10.0 Å². The summed E-state index contributed by atoms with van der Waals surface area (Å²) in [6, 6.07) is 7.79. The van der Waals surface area contributed by atoms with Crippen LogP contribution in [0.25, 0.3) is 0 Å². The lowest BCUT2D eigenvalue weighted by molar-refractivity contribution is 0.185. The first-order chi connectivity index (χ1) is 9.11. The van der Waals surface area contributed by atoms with E-state index in [9.17, 15) is 8.42 Å². The monoisotopic (exact) mass is 284 g/mol. The van der Waals surface area contributed by atoms with Crippen molar-refractivity contribution < 1.29 is 13.2 Å². The molecule has 106 valence electrons. The van der Waals surface area contributed by atoms with Crippen molar-refractivity contribution in [2.24, 2.45) is 0 Å². The summed E-state index contributed by atoms with van der Waals surface area (Å²) in [6.07, 6.45) is 2.31. The second-order valence-electron chi connectivity index (χ2n) is 4.74. The van der Waals surface area contributed by atoms with Gasteiger partial charge in [0.25, 0.3) is 0 Å². The van der Waals surface area contributed by atoms with Gasteiger partial charge in [-0.1, -0.05) is 18.2 Å². The van der Waals surface area contributed by atoms with Gasteiger partial charge >= 0.3 is 0 Å². The van der Waals surface area contributed by atoms with Gasteiger partial charge in [-0.15, -0.1) is 0 Å². The normalized spacial score (nSPS) is 15.4. The number of hydrogen-bond acceptors (Lipinski definition) is 4. The van der Waals surface area contributed by atoms with Crippen LogP contribution in [0.1, 0.15) is 18.4 Å². The quantitative estimate of drug-likeness (QED) is 0.755. The van der Waals surface area contributed by atoms with E-state index in [2.05, 4.69) is 10.0 Å². The molecule has 1 aromatic rings. The van der Waals surface area contributed by atoms with E-state index < -0.39 is 10.0 Å². The molecule has 19 heavy (non-hydrogen) atoms. The fourth-order valence-electron chi connectivity index (χ4n) is 1.80. The first-order valence-corrected chi connectivity index (χ1v) is 8.06. The third kappa shape index (κ3) is 4.81. The highest BCUT2D eigenvalue weighted by Crippen LogP contribution is 2.19. The molecule has 0 heterocycles. The van der Waals surface area contributed by atoms with Gasteiger partial charge in [0.05, 0.1) is 18.0 Å². The molecule has 2 N–H and O–H groups in total. The maximum atomic E-state index is 12.0. The standard InChI is InChI=1S/C13H20N2O3S/c1-18-10-11-4-2-3-5-13(11)15-19(16,17)9-8-14-12-6-7-12/h2-5,12,14-15H,6-10H2,1H3. The van der Waals surface area contributed by atoms with Gasteiger partial charge in [0.15, 0.2) is 0 Å². The Morgan fingerprint density at radius 2 is 2.05 bits per heavy atom. The molecule has 1 aromatic carbocycles. The number of benzene rings is 1. The van der Waals surface area contributed by atoms with Gasteiger partial charge in [-0.25, -0.2) is 8.42 Å². The summed E-state index contributed by atoms with van der Waals surface area (Å²) < 4.78 is 31.6. The molecular formula is C13H20N2O3S. The van der Waals surface area contributed by atoms with E-state index in [0.717, 1.165) is 18.4 Å². The van der Waals surface area contributed by atoms with E-state index in [4.69, 9.17) is 4.74 Å². The minimum atomic E-state index is -3.31. The van der Waals surface area contributed by atoms with Crippen LogP contribution in [0.5, 0.6) is 0 Å². The van der Waals surface area contributed by atoms with Gasteiger partial charge < -0.3 is 10.1 Å². The number of para-hydroxylation sites is 1. The van der Waals surface area contributed by atoms with E-state index >= 15 is 0 Å². The Morgan fingerprint density at radius 1 is 1.32 bits per heavy atom. The number of rotatable bonds is 8. The van der Waals surface area contributed by atoms with E-state index in [1.54, 1.807) is 19.2 Å². The predicted molar refractivity (Wildman–Crippen MR) is 75.6 cm³/mol. The zero-order chi connectivity index (χ0) is 13.7. The van der Waals surface area contributed by atoms with E-state index in [1.807, 2.05) is 12.1 Å². The SMILES string of the molecule is COCc1ccccc1NS(=O)(=O)CCNC1CC1. The molecule has 0 unspecified atom stereocenters. The summed E-state index contributed by atoms with van der Waals surface area (Å²) in [5.74, 6) is 0.0881. The van der Waals surface area contributed by atoms with Crippen LogP contribution in [0.15, 0.2) is 24.3 Å². The summed E-state index contributed by atoms with van der Waals surface area (Å²) >= 11 is 0. The van der Waals surface area contributed by atoms with Gasteiger partial charge in [0.1, 0.15) is 0 Å².